The van der Waals surface area contributed by atoms with Crippen LogP contribution < -0.4 is 14.7 Å². The molecular weight excluding hydrogens is 302 g/mol. The molecule has 0 radical (unpaired) electrons. The molecule has 0 amide bonds. The van der Waals surface area contributed by atoms with E-state index in [1.54, 1.807) is 0 Å². The summed E-state index contributed by atoms with van der Waals surface area (Å²) in [5.74, 6) is -0.451. The van der Waals surface area contributed by atoms with Crippen molar-refractivity contribution in [3.63, 3.8) is 0 Å². The second-order valence-corrected chi connectivity index (χ2v) is 5.88. The lowest BCUT2D eigenvalue weighted by Crippen LogP contribution is -3.12. The van der Waals surface area contributed by atoms with Gasteiger partial charge in [-0.25, -0.2) is 0 Å². The van der Waals surface area contributed by atoms with Gasteiger partial charge in [-0.15, -0.1) is 0 Å². The molecule has 0 aliphatic carbocycles. The van der Waals surface area contributed by atoms with Gasteiger partial charge in [-0.1, -0.05) is 44.6 Å². The number of ether oxygens (including phenoxy) is 1. The quantitative estimate of drug-likeness (QED) is 0.338. The van der Waals surface area contributed by atoms with E-state index in [0.717, 1.165) is 37.0 Å². The molecule has 0 saturated heterocycles. The maximum Gasteiger partial charge on any atom is 0.137 e. The van der Waals surface area contributed by atoms with Crippen molar-refractivity contribution in [1.82, 2.24) is 0 Å². The fourth-order valence-electron chi connectivity index (χ4n) is 2.52. The zero-order valence-corrected chi connectivity index (χ0v) is 14.6. The molecule has 4 nitrogen and oxygen atoms in total. The molecule has 0 fully saturated rings. The number of nitrogens with one attached hydrogen (secondary N) is 1. The average molecular weight is 331 g/mol. The Kier molecular flexibility index (Phi) is 10.3. The van der Waals surface area contributed by atoms with Crippen LogP contribution in [-0.2, 0) is 4.79 Å². The van der Waals surface area contributed by atoms with Crippen LogP contribution in [-0.4, -0.2) is 32.2 Å². The average Bonchev–Trinajstić information content (AvgIpc) is 2.57. The van der Waals surface area contributed by atoms with Crippen molar-refractivity contribution in [2.75, 3.05) is 26.2 Å². The summed E-state index contributed by atoms with van der Waals surface area (Å²) in [5.41, 5.74) is 0.784. The molecule has 1 aromatic rings. The molecule has 4 heteroatoms. The van der Waals surface area contributed by atoms with E-state index >= 15 is 0 Å². The Morgan fingerprint density at radius 2 is 2.12 bits per heavy atom. The number of benzene rings is 1. The molecule has 132 valence electrons. The Bertz CT molecular complexity index is 525. The molecular formula is C20H29NO3. The van der Waals surface area contributed by atoms with Crippen LogP contribution in [0.3, 0.4) is 0 Å². The van der Waals surface area contributed by atoms with Gasteiger partial charge in [0.25, 0.3) is 0 Å². The summed E-state index contributed by atoms with van der Waals surface area (Å²) < 4.78 is 5.81. The first-order valence-electron chi connectivity index (χ1n) is 8.72. The standard InChI is InChI=1S/C20H29NO3/c1-3-5-6-7-14-21(13-4-2)15-16-24-19-10-8-9-18(17-19)11-12-20(22)23/h4,8-12,17H,2-3,5-7,13-16H2,1H3,(H,22,23)/b12-11+. The monoisotopic (exact) mass is 331 g/mol. The number of unbranched alkanes of at least 4 members (excludes halogenated alkanes) is 3. The Hall–Kier alpha value is -2.07. The number of carbonyl (C=O) groups excluding carboxylic acids is 1. The summed E-state index contributed by atoms with van der Waals surface area (Å²) in [7, 11) is 0. The van der Waals surface area contributed by atoms with E-state index in [-0.39, 0.29) is 0 Å². The highest BCUT2D eigenvalue weighted by Gasteiger charge is 2.06. The molecule has 1 N–H and O–H groups in total. The molecule has 0 saturated carbocycles. The van der Waals surface area contributed by atoms with Crippen LogP contribution in [0.1, 0.15) is 38.2 Å². The summed E-state index contributed by atoms with van der Waals surface area (Å²) in [4.78, 5) is 11.9. The van der Waals surface area contributed by atoms with E-state index in [9.17, 15) is 9.90 Å². The van der Waals surface area contributed by atoms with E-state index in [0.29, 0.717) is 6.61 Å². The topological polar surface area (TPSA) is 53.8 Å². The van der Waals surface area contributed by atoms with Crippen LogP contribution in [0.5, 0.6) is 5.75 Å². The Labute approximate surface area is 145 Å². The number of carboxylic acids is 1. The minimum absolute atomic E-state index is 0.630. The fourth-order valence-corrected chi connectivity index (χ4v) is 2.52. The first kappa shape index (κ1) is 20.0. The Morgan fingerprint density at radius 3 is 2.83 bits per heavy atom. The van der Waals surface area contributed by atoms with Crippen LogP contribution in [0.15, 0.2) is 43.0 Å². The molecule has 1 aromatic carbocycles. The third-order valence-corrected chi connectivity index (χ3v) is 3.81. The third kappa shape index (κ3) is 9.16. The summed E-state index contributed by atoms with van der Waals surface area (Å²) in [5, 5.41) is 10.5. The van der Waals surface area contributed by atoms with Gasteiger partial charge in [-0.05, 0) is 42.7 Å². The van der Waals surface area contributed by atoms with Gasteiger partial charge in [-0.2, -0.15) is 0 Å². The van der Waals surface area contributed by atoms with E-state index in [1.165, 1.54) is 36.7 Å². The molecule has 0 spiro atoms. The lowest BCUT2D eigenvalue weighted by atomic mass is 10.2. The van der Waals surface area contributed by atoms with Crippen LogP contribution >= 0.6 is 0 Å². The molecule has 0 aromatic heterocycles. The van der Waals surface area contributed by atoms with Crippen molar-refractivity contribution < 1.29 is 19.5 Å². The number of quaternary nitrogens is 1. The molecule has 0 aliphatic heterocycles. The van der Waals surface area contributed by atoms with Gasteiger partial charge in [-0.3, -0.25) is 0 Å². The number of aliphatic carboxylic acids is 1. The summed E-state index contributed by atoms with van der Waals surface area (Å²) in [6, 6.07) is 7.39. The van der Waals surface area contributed by atoms with Crippen LogP contribution in [0, 0.1) is 0 Å². The predicted molar refractivity (Wildman–Crippen MR) is 95.9 cm³/mol. The van der Waals surface area contributed by atoms with Crippen molar-refractivity contribution in [2.24, 2.45) is 0 Å². The second kappa shape index (κ2) is 12.4. The van der Waals surface area contributed by atoms with Crippen LogP contribution in [0.4, 0.5) is 0 Å². The molecule has 1 atom stereocenters. The highest BCUT2D eigenvalue weighted by atomic mass is 16.5. The van der Waals surface area contributed by atoms with Gasteiger partial charge in [0.1, 0.15) is 18.9 Å². The van der Waals surface area contributed by atoms with E-state index in [2.05, 4.69) is 13.5 Å². The maximum atomic E-state index is 10.5. The summed E-state index contributed by atoms with van der Waals surface area (Å²) in [6.45, 7) is 9.70. The highest BCUT2D eigenvalue weighted by Crippen LogP contribution is 2.14. The second-order valence-electron chi connectivity index (χ2n) is 5.88. The van der Waals surface area contributed by atoms with Crippen molar-refractivity contribution in [3.05, 3.63) is 48.6 Å². The van der Waals surface area contributed by atoms with Crippen LogP contribution in [0.2, 0.25) is 0 Å². The van der Waals surface area contributed by atoms with Crippen molar-refractivity contribution >= 4 is 12.0 Å². The lowest BCUT2D eigenvalue weighted by Gasteiger charge is -2.18. The van der Waals surface area contributed by atoms with E-state index < -0.39 is 5.97 Å². The normalized spacial score (nSPS) is 12.2. The minimum atomic E-state index is -1.20. The number of carboxylic acid groups (broad SMARTS) is 1. The summed E-state index contributed by atoms with van der Waals surface area (Å²) >= 11 is 0. The Balaban J connectivity index is 2.41. The number of hydrogen-bond acceptors (Lipinski definition) is 3. The predicted octanol–water partition coefficient (Wildman–Crippen LogP) is 1.48. The molecule has 1 rings (SSSR count). The van der Waals surface area contributed by atoms with E-state index in [1.807, 2.05) is 30.3 Å². The number of hydrogen-bond donors (Lipinski definition) is 1. The minimum Gasteiger partial charge on any atom is -0.545 e. The molecule has 24 heavy (non-hydrogen) atoms. The van der Waals surface area contributed by atoms with Crippen LogP contribution in [0.25, 0.3) is 6.08 Å². The zero-order valence-electron chi connectivity index (χ0n) is 14.6. The SMILES string of the molecule is C=CC[NH+](CCCCCC)CCOc1cccc(/C=C/C(=O)[O-])c1. The van der Waals surface area contributed by atoms with Crippen molar-refractivity contribution in [2.45, 2.75) is 32.6 Å². The smallest absolute Gasteiger partial charge is 0.137 e. The lowest BCUT2D eigenvalue weighted by molar-refractivity contribution is -0.894. The first-order chi connectivity index (χ1) is 11.7. The largest absolute Gasteiger partial charge is 0.545 e. The molecule has 0 bridgehead atoms. The Morgan fingerprint density at radius 1 is 1.29 bits per heavy atom. The van der Waals surface area contributed by atoms with Gasteiger partial charge in [0.15, 0.2) is 0 Å². The van der Waals surface area contributed by atoms with Gasteiger partial charge in [0.05, 0.1) is 19.1 Å². The molecule has 0 heterocycles. The van der Waals surface area contributed by atoms with Gasteiger partial charge < -0.3 is 19.5 Å². The number of rotatable bonds is 13. The van der Waals surface area contributed by atoms with Crippen molar-refractivity contribution in [1.29, 1.82) is 0 Å². The van der Waals surface area contributed by atoms with Crippen molar-refractivity contribution in [3.8, 4) is 5.75 Å². The molecule has 0 aliphatic rings. The zero-order chi connectivity index (χ0) is 17.6. The van der Waals surface area contributed by atoms with Gasteiger partial charge in [0, 0.05) is 0 Å². The number of carbonyl (C=O) groups is 1. The third-order valence-electron chi connectivity index (χ3n) is 3.81. The van der Waals surface area contributed by atoms with Gasteiger partial charge in [0.2, 0.25) is 0 Å². The highest BCUT2D eigenvalue weighted by molar-refractivity contribution is 5.83. The maximum absolute atomic E-state index is 10.5. The molecule has 1 unspecified atom stereocenters. The van der Waals surface area contributed by atoms with E-state index in [4.69, 9.17) is 4.74 Å². The van der Waals surface area contributed by atoms with Gasteiger partial charge >= 0.3 is 0 Å². The first-order valence-corrected chi connectivity index (χ1v) is 8.72. The fraction of sp³-hybridized carbons (Fsp3) is 0.450. The summed E-state index contributed by atoms with van der Waals surface area (Å²) in [6.07, 6.45) is 9.55.